The fourth-order valence-electron chi connectivity index (χ4n) is 1.63. The summed E-state index contributed by atoms with van der Waals surface area (Å²) in [6.07, 6.45) is 1.73. The van der Waals surface area contributed by atoms with Gasteiger partial charge in [-0.1, -0.05) is 30.0 Å². The third-order valence-electron chi connectivity index (χ3n) is 2.52. The lowest BCUT2D eigenvalue weighted by atomic mass is 10.2. The average Bonchev–Trinajstić information content (AvgIpc) is 2.91. The minimum absolute atomic E-state index is 0.226. The van der Waals surface area contributed by atoms with E-state index in [9.17, 15) is 4.79 Å². The highest BCUT2D eigenvalue weighted by Crippen LogP contribution is 2.35. The van der Waals surface area contributed by atoms with Crippen LogP contribution in [0, 0.1) is 0 Å². The number of carbonyl (C=O) groups excluding carboxylic acids is 1. The first-order valence-electron chi connectivity index (χ1n) is 5.07. The molecule has 2 aliphatic rings. The van der Waals surface area contributed by atoms with Crippen molar-refractivity contribution in [3.8, 4) is 11.5 Å². The van der Waals surface area contributed by atoms with Crippen LogP contribution in [-0.4, -0.2) is 22.0 Å². The molecule has 0 bridgehead atoms. The van der Waals surface area contributed by atoms with Crippen molar-refractivity contribution in [3.63, 3.8) is 0 Å². The highest BCUT2D eigenvalue weighted by molar-refractivity contribution is 8.26. The van der Waals surface area contributed by atoms with Crippen LogP contribution in [-0.2, 0) is 4.79 Å². The lowest BCUT2D eigenvalue weighted by Crippen LogP contribution is -2.34. The van der Waals surface area contributed by atoms with Gasteiger partial charge in [-0.05, 0) is 23.8 Å². The molecule has 18 heavy (non-hydrogen) atoms. The number of nitrogens with two attached hydrogens (primary N) is 1. The predicted octanol–water partition coefficient (Wildman–Crippen LogP) is 1.49. The van der Waals surface area contributed by atoms with Crippen molar-refractivity contribution in [3.05, 3.63) is 28.7 Å². The van der Waals surface area contributed by atoms with Crippen molar-refractivity contribution < 1.29 is 14.3 Å². The Morgan fingerprint density at radius 2 is 2.17 bits per heavy atom. The van der Waals surface area contributed by atoms with E-state index in [4.69, 9.17) is 27.5 Å². The molecule has 0 unspecified atom stereocenters. The van der Waals surface area contributed by atoms with Crippen LogP contribution in [0.5, 0.6) is 11.5 Å². The number of thiocarbonyl (C=S) groups is 1. The van der Waals surface area contributed by atoms with Crippen molar-refractivity contribution in [1.82, 2.24) is 5.01 Å². The zero-order valence-corrected chi connectivity index (χ0v) is 10.7. The van der Waals surface area contributed by atoms with E-state index in [1.165, 1.54) is 11.8 Å². The van der Waals surface area contributed by atoms with Crippen molar-refractivity contribution >= 4 is 40.3 Å². The zero-order valence-electron chi connectivity index (χ0n) is 9.08. The largest absolute Gasteiger partial charge is 0.454 e. The Bertz CT molecular complexity index is 586. The fourth-order valence-corrected chi connectivity index (χ4v) is 2.74. The van der Waals surface area contributed by atoms with E-state index in [0.29, 0.717) is 20.7 Å². The van der Waals surface area contributed by atoms with E-state index in [-0.39, 0.29) is 12.7 Å². The Morgan fingerprint density at radius 3 is 2.89 bits per heavy atom. The SMILES string of the molecule is NN1C(=O)C(=Cc2ccc3c(c2)OCO3)SC1=S. The van der Waals surface area contributed by atoms with Crippen LogP contribution in [0.4, 0.5) is 0 Å². The molecule has 7 heteroatoms. The lowest BCUT2D eigenvalue weighted by molar-refractivity contribution is -0.122. The molecule has 2 heterocycles. The van der Waals surface area contributed by atoms with Crippen LogP contribution < -0.4 is 15.3 Å². The second-order valence-electron chi connectivity index (χ2n) is 3.66. The smallest absolute Gasteiger partial charge is 0.280 e. The molecule has 3 rings (SSSR count). The van der Waals surface area contributed by atoms with E-state index < -0.39 is 0 Å². The van der Waals surface area contributed by atoms with Gasteiger partial charge < -0.3 is 9.47 Å². The number of thioether (sulfide) groups is 1. The first-order chi connectivity index (χ1) is 8.65. The van der Waals surface area contributed by atoms with Crippen LogP contribution >= 0.6 is 24.0 Å². The van der Waals surface area contributed by atoms with Gasteiger partial charge in [-0.25, -0.2) is 10.9 Å². The van der Waals surface area contributed by atoms with Crippen LogP contribution in [0.15, 0.2) is 23.1 Å². The number of rotatable bonds is 1. The summed E-state index contributed by atoms with van der Waals surface area (Å²) in [7, 11) is 0. The minimum Gasteiger partial charge on any atom is -0.454 e. The summed E-state index contributed by atoms with van der Waals surface area (Å²) >= 11 is 6.13. The van der Waals surface area contributed by atoms with Gasteiger partial charge in [-0.2, -0.15) is 0 Å². The standard InChI is InChI=1S/C11H8N2O3S2/c12-13-10(14)9(18-11(13)17)4-6-1-2-7-8(3-6)16-5-15-7/h1-4H,5,12H2. The van der Waals surface area contributed by atoms with Gasteiger partial charge >= 0.3 is 0 Å². The zero-order chi connectivity index (χ0) is 12.7. The van der Waals surface area contributed by atoms with Gasteiger partial charge in [0.1, 0.15) is 0 Å². The second-order valence-corrected chi connectivity index (χ2v) is 5.34. The monoisotopic (exact) mass is 280 g/mol. The Labute approximate surface area is 112 Å². The summed E-state index contributed by atoms with van der Waals surface area (Å²) in [5.74, 6) is 6.58. The van der Waals surface area contributed by atoms with Gasteiger partial charge in [0.05, 0.1) is 4.91 Å². The molecule has 0 aliphatic carbocycles. The van der Waals surface area contributed by atoms with E-state index in [1.807, 2.05) is 12.1 Å². The molecular formula is C11H8N2O3S2. The summed E-state index contributed by atoms with van der Waals surface area (Å²) in [6, 6.07) is 5.46. The topological polar surface area (TPSA) is 64.8 Å². The number of amides is 1. The van der Waals surface area contributed by atoms with Gasteiger partial charge in [0.15, 0.2) is 15.8 Å². The second kappa shape index (κ2) is 4.27. The maximum absolute atomic E-state index is 11.7. The van der Waals surface area contributed by atoms with Crippen LogP contribution in [0.3, 0.4) is 0 Å². The minimum atomic E-state index is -0.289. The van der Waals surface area contributed by atoms with Crippen LogP contribution in [0.1, 0.15) is 5.56 Å². The Morgan fingerprint density at radius 1 is 1.39 bits per heavy atom. The summed E-state index contributed by atoms with van der Waals surface area (Å²) < 4.78 is 10.8. The Hall–Kier alpha value is -1.57. The molecule has 1 aromatic carbocycles. The summed E-state index contributed by atoms with van der Waals surface area (Å²) in [4.78, 5) is 12.2. The third-order valence-corrected chi connectivity index (χ3v) is 3.85. The molecular weight excluding hydrogens is 272 g/mol. The molecule has 0 spiro atoms. The van der Waals surface area contributed by atoms with E-state index in [0.717, 1.165) is 10.6 Å². The van der Waals surface area contributed by atoms with Crippen LogP contribution in [0.25, 0.3) is 6.08 Å². The number of benzene rings is 1. The Balaban J connectivity index is 1.93. The number of nitrogens with zero attached hydrogens (tertiary/aromatic N) is 1. The van der Waals surface area contributed by atoms with Gasteiger partial charge in [-0.15, -0.1) is 0 Å². The van der Waals surface area contributed by atoms with Gasteiger partial charge in [0, 0.05) is 0 Å². The number of hydrogen-bond donors (Lipinski definition) is 1. The molecule has 0 aromatic heterocycles. The molecule has 0 atom stereocenters. The third kappa shape index (κ3) is 1.86. The maximum atomic E-state index is 11.7. The van der Waals surface area contributed by atoms with Crippen molar-refractivity contribution in [2.75, 3.05) is 6.79 Å². The van der Waals surface area contributed by atoms with Crippen molar-refractivity contribution in [2.24, 2.45) is 5.84 Å². The van der Waals surface area contributed by atoms with Crippen molar-refractivity contribution in [2.45, 2.75) is 0 Å². The lowest BCUT2D eigenvalue weighted by Gasteiger charge is -2.03. The van der Waals surface area contributed by atoms with Gasteiger partial charge in [-0.3, -0.25) is 4.79 Å². The van der Waals surface area contributed by atoms with E-state index >= 15 is 0 Å². The summed E-state index contributed by atoms with van der Waals surface area (Å²) in [6.45, 7) is 0.226. The number of ether oxygens (including phenoxy) is 2. The normalized spacial score (nSPS) is 20.1. The number of hydrogen-bond acceptors (Lipinski definition) is 6. The number of hydrazine groups is 1. The molecule has 0 radical (unpaired) electrons. The molecule has 1 amide bonds. The van der Waals surface area contributed by atoms with Crippen LogP contribution in [0.2, 0.25) is 0 Å². The Kier molecular flexibility index (Phi) is 2.73. The highest BCUT2D eigenvalue weighted by atomic mass is 32.2. The first-order valence-corrected chi connectivity index (χ1v) is 6.30. The summed E-state index contributed by atoms with van der Waals surface area (Å²) in [5.41, 5.74) is 0.841. The molecule has 2 N–H and O–H groups in total. The van der Waals surface area contributed by atoms with Gasteiger partial charge in [0.2, 0.25) is 6.79 Å². The first kappa shape index (κ1) is 11.5. The van der Waals surface area contributed by atoms with Crippen molar-refractivity contribution in [1.29, 1.82) is 0 Å². The average molecular weight is 280 g/mol. The summed E-state index contributed by atoms with van der Waals surface area (Å²) in [5, 5.41) is 0.971. The predicted molar refractivity (Wildman–Crippen MR) is 71.8 cm³/mol. The molecule has 2 aliphatic heterocycles. The molecule has 5 nitrogen and oxygen atoms in total. The molecule has 0 saturated carbocycles. The number of fused-ring (bicyclic) bond motifs is 1. The van der Waals surface area contributed by atoms with Gasteiger partial charge in [0.25, 0.3) is 5.91 Å². The maximum Gasteiger partial charge on any atom is 0.280 e. The van der Waals surface area contributed by atoms with E-state index in [1.54, 1.807) is 12.1 Å². The molecule has 92 valence electrons. The number of carbonyl (C=O) groups is 1. The molecule has 1 aromatic rings. The fraction of sp³-hybridized carbons (Fsp3) is 0.0909. The molecule has 1 fully saturated rings. The molecule has 1 saturated heterocycles. The quantitative estimate of drug-likeness (QED) is 0.364. The van der Waals surface area contributed by atoms with E-state index in [2.05, 4.69) is 0 Å². The highest BCUT2D eigenvalue weighted by Gasteiger charge is 2.29.